The van der Waals surface area contributed by atoms with Crippen molar-refractivity contribution in [3.63, 3.8) is 0 Å². The predicted molar refractivity (Wildman–Crippen MR) is 105 cm³/mol. The van der Waals surface area contributed by atoms with Gasteiger partial charge in [-0.05, 0) is 18.2 Å². The molecule has 0 aliphatic carbocycles. The van der Waals surface area contributed by atoms with E-state index in [4.69, 9.17) is 14.2 Å². The van der Waals surface area contributed by atoms with Crippen LogP contribution in [0.25, 0.3) is 22.4 Å². The predicted octanol–water partition coefficient (Wildman–Crippen LogP) is 1.96. The molecular formula is C20H18N6O3. The largest absolute Gasteiger partial charge is 0.368 e. The van der Waals surface area contributed by atoms with Gasteiger partial charge in [-0.25, -0.2) is 15.0 Å². The van der Waals surface area contributed by atoms with Crippen LogP contribution in [-0.4, -0.2) is 44.4 Å². The average molecular weight is 390 g/mol. The van der Waals surface area contributed by atoms with E-state index in [9.17, 15) is 4.79 Å². The molecule has 1 atom stereocenters. The Bertz CT molecular complexity index is 1220. The van der Waals surface area contributed by atoms with Gasteiger partial charge >= 0.3 is 0 Å². The van der Waals surface area contributed by atoms with Crippen molar-refractivity contribution in [1.82, 2.24) is 24.7 Å². The van der Waals surface area contributed by atoms with Gasteiger partial charge in [-0.15, -0.1) is 0 Å². The van der Waals surface area contributed by atoms with Gasteiger partial charge in [0.25, 0.3) is 5.56 Å². The zero-order valence-electron chi connectivity index (χ0n) is 15.7. The van der Waals surface area contributed by atoms with Crippen molar-refractivity contribution in [3.05, 3.63) is 65.0 Å². The molecule has 1 aliphatic heterocycles. The normalized spacial score (nSPS) is 17.0. The summed E-state index contributed by atoms with van der Waals surface area (Å²) in [6.45, 7) is 1.60. The van der Waals surface area contributed by atoms with Crippen molar-refractivity contribution in [2.75, 3.05) is 24.6 Å². The van der Waals surface area contributed by atoms with Gasteiger partial charge in [0.15, 0.2) is 5.58 Å². The van der Waals surface area contributed by atoms with Crippen molar-refractivity contribution in [2.24, 2.45) is 7.05 Å². The molecule has 9 heteroatoms. The summed E-state index contributed by atoms with van der Waals surface area (Å²) in [7, 11) is 1.71. The SMILES string of the molecule is Cn1c(N2CCO[C@@H](c3noc4ccccc34)C2)nc(-c2ccncn2)cc1=O. The zero-order chi connectivity index (χ0) is 19.8. The first kappa shape index (κ1) is 17.5. The van der Waals surface area contributed by atoms with Gasteiger partial charge in [-0.2, -0.15) is 0 Å². The molecule has 0 amide bonds. The molecule has 0 unspecified atom stereocenters. The number of aromatic nitrogens is 5. The van der Waals surface area contributed by atoms with Crippen LogP contribution < -0.4 is 10.5 Å². The molecule has 29 heavy (non-hydrogen) atoms. The summed E-state index contributed by atoms with van der Waals surface area (Å²) in [6, 6.07) is 10.9. The molecule has 5 rings (SSSR count). The van der Waals surface area contributed by atoms with E-state index in [1.54, 1.807) is 19.3 Å². The molecule has 9 nitrogen and oxygen atoms in total. The molecule has 1 saturated heterocycles. The van der Waals surface area contributed by atoms with Crippen molar-refractivity contribution in [1.29, 1.82) is 0 Å². The highest BCUT2D eigenvalue weighted by atomic mass is 16.5. The van der Waals surface area contributed by atoms with Gasteiger partial charge in [0.1, 0.15) is 18.1 Å². The summed E-state index contributed by atoms with van der Waals surface area (Å²) in [6.07, 6.45) is 2.78. The fraction of sp³-hybridized carbons (Fsp3) is 0.250. The Hall–Kier alpha value is -3.59. The maximum absolute atomic E-state index is 12.6. The van der Waals surface area contributed by atoms with Gasteiger partial charge in [-0.3, -0.25) is 9.36 Å². The van der Waals surface area contributed by atoms with Crippen LogP contribution in [0.1, 0.15) is 11.8 Å². The summed E-state index contributed by atoms with van der Waals surface area (Å²) >= 11 is 0. The van der Waals surface area contributed by atoms with E-state index in [-0.39, 0.29) is 11.7 Å². The second-order valence-corrected chi connectivity index (χ2v) is 6.80. The number of hydrogen-bond acceptors (Lipinski definition) is 8. The van der Waals surface area contributed by atoms with Crippen LogP contribution in [0, 0.1) is 0 Å². The smallest absolute Gasteiger partial charge is 0.255 e. The van der Waals surface area contributed by atoms with Gasteiger partial charge in [0, 0.05) is 31.2 Å². The monoisotopic (exact) mass is 390 g/mol. The standard InChI is InChI=1S/C20H18N6O3/c1-25-18(27)10-15(14-6-7-21-12-22-14)23-20(25)26-8-9-28-17(11-26)19-13-4-2-3-5-16(13)29-24-19/h2-7,10,12,17H,8-9,11H2,1H3/t17-/m1/s1. The van der Waals surface area contributed by atoms with Gasteiger partial charge in [0.2, 0.25) is 5.95 Å². The van der Waals surface area contributed by atoms with E-state index < -0.39 is 0 Å². The highest BCUT2D eigenvalue weighted by Crippen LogP contribution is 2.30. The lowest BCUT2D eigenvalue weighted by molar-refractivity contribution is 0.0351. The molecule has 3 aromatic heterocycles. The molecule has 1 aromatic carbocycles. The summed E-state index contributed by atoms with van der Waals surface area (Å²) < 4.78 is 12.9. The molecule has 1 aliphatic rings. The van der Waals surface area contributed by atoms with Crippen LogP contribution in [0.15, 0.2) is 58.2 Å². The van der Waals surface area contributed by atoms with E-state index in [2.05, 4.69) is 15.1 Å². The summed E-state index contributed by atoms with van der Waals surface area (Å²) in [4.78, 5) is 27.4. The second kappa shape index (κ2) is 7.10. The molecule has 0 spiro atoms. The van der Waals surface area contributed by atoms with E-state index in [1.807, 2.05) is 29.2 Å². The fourth-order valence-electron chi connectivity index (χ4n) is 3.52. The van der Waals surface area contributed by atoms with Crippen molar-refractivity contribution in [3.8, 4) is 11.4 Å². The Balaban J connectivity index is 1.51. The van der Waals surface area contributed by atoms with Crippen LogP contribution in [0.3, 0.4) is 0 Å². The van der Waals surface area contributed by atoms with Crippen molar-refractivity contribution in [2.45, 2.75) is 6.10 Å². The third-order valence-corrected chi connectivity index (χ3v) is 5.02. The third kappa shape index (κ3) is 3.15. The van der Waals surface area contributed by atoms with Crippen LogP contribution in [0.5, 0.6) is 0 Å². The Labute approximate surface area is 165 Å². The molecule has 0 saturated carbocycles. The summed E-state index contributed by atoms with van der Waals surface area (Å²) in [5, 5.41) is 5.15. The number of nitrogens with zero attached hydrogens (tertiary/aromatic N) is 6. The maximum Gasteiger partial charge on any atom is 0.255 e. The average Bonchev–Trinajstić information content (AvgIpc) is 3.20. The van der Waals surface area contributed by atoms with Crippen LogP contribution in [-0.2, 0) is 11.8 Å². The Morgan fingerprint density at radius 3 is 2.93 bits per heavy atom. The van der Waals surface area contributed by atoms with Gasteiger partial charge < -0.3 is 14.2 Å². The maximum atomic E-state index is 12.6. The quantitative estimate of drug-likeness (QED) is 0.523. The van der Waals surface area contributed by atoms with Crippen molar-refractivity contribution < 1.29 is 9.26 Å². The molecule has 0 N–H and O–H groups in total. The number of ether oxygens (including phenoxy) is 1. The van der Waals surface area contributed by atoms with Crippen LogP contribution in [0.2, 0.25) is 0 Å². The molecule has 1 fully saturated rings. The second-order valence-electron chi connectivity index (χ2n) is 6.80. The minimum Gasteiger partial charge on any atom is -0.368 e. The number of para-hydroxylation sites is 1. The highest BCUT2D eigenvalue weighted by Gasteiger charge is 2.28. The summed E-state index contributed by atoms with van der Waals surface area (Å²) in [5.74, 6) is 0.562. The minimum absolute atomic E-state index is 0.154. The molecule has 146 valence electrons. The van der Waals surface area contributed by atoms with Gasteiger partial charge in [-0.1, -0.05) is 17.3 Å². The molecule has 4 heterocycles. The number of hydrogen-bond donors (Lipinski definition) is 0. The number of anilines is 1. The lowest BCUT2D eigenvalue weighted by atomic mass is 10.1. The van der Waals surface area contributed by atoms with E-state index in [1.165, 1.54) is 17.0 Å². The van der Waals surface area contributed by atoms with Crippen molar-refractivity contribution >= 4 is 16.9 Å². The molecule has 0 bridgehead atoms. The fourth-order valence-corrected chi connectivity index (χ4v) is 3.52. The van der Waals surface area contributed by atoms with E-state index in [0.717, 1.165) is 16.7 Å². The zero-order valence-corrected chi connectivity index (χ0v) is 15.7. The Morgan fingerprint density at radius 1 is 1.17 bits per heavy atom. The Kier molecular flexibility index (Phi) is 4.28. The molecule has 0 radical (unpaired) electrons. The first-order valence-corrected chi connectivity index (χ1v) is 9.26. The topological polar surface area (TPSA) is 99.2 Å². The van der Waals surface area contributed by atoms with Crippen LogP contribution in [0.4, 0.5) is 5.95 Å². The summed E-state index contributed by atoms with van der Waals surface area (Å²) in [5.41, 5.74) is 2.44. The Morgan fingerprint density at radius 2 is 2.07 bits per heavy atom. The minimum atomic E-state index is -0.285. The molecular weight excluding hydrogens is 372 g/mol. The third-order valence-electron chi connectivity index (χ3n) is 5.02. The number of benzene rings is 1. The highest BCUT2D eigenvalue weighted by molar-refractivity contribution is 5.79. The van der Waals surface area contributed by atoms with E-state index >= 15 is 0 Å². The van der Waals surface area contributed by atoms with Gasteiger partial charge in [0.05, 0.1) is 24.5 Å². The number of rotatable bonds is 3. The molecule has 4 aromatic rings. The number of morpholine rings is 1. The first-order chi connectivity index (χ1) is 14.2. The lowest BCUT2D eigenvalue weighted by Gasteiger charge is -2.33. The van der Waals surface area contributed by atoms with E-state index in [0.29, 0.717) is 37.0 Å². The first-order valence-electron chi connectivity index (χ1n) is 9.26. The lowest BCUT2D eigenvalue weighted by Crippen LogP contribution is -2.41. The van der Waals surface area contributed by atoms with Crippen LogP contribution >= 0.6 is 0 Å². The number of fused-ring (bicyclic) bond motifs is 1.